The number of carbonyl (C=O) groups excluding carboxylic acids is 1. The number of fused-ring (bicyclic) bond motifs is 1. The Balaban J connectivity index is 1.82. The molecule has 0 bridgehead atoms. The van der Waals surface area contributed by atoms with Gasteiger partial charge in [0.25, 0.3) is 0 Å². The highest BCUT2D eigenvalue weighted by molar-refractivity contribution is 6.36. The minimum Gasteiger partial charge on any atom is -0.377 e. The van der Waals surface area contributed by atoms with Crippen LogP contribution in [0, 0.1) is 6.92 Å². The van der Waals surface area contributed by atoms with Crippen LogP contribution in [-0.4, -0.2) is 18.0 Å². The van der Waals surface area contributed by atoms with Crippen molar-refractivity contribution >= 4 is 17.4 Å². The largest absolute Gasteiger partial charge is 0.377 e. The number of ketones is 1. The van der Waals surface area contributed by atoms with Gasteiger partial charge >= 0.3 is 0 Å². The Kier molecular flexibility index (Phi) is 3.97. The molecule has 0 aliphatic heterocycles. The highest BCUT2D eigenvalue weighted by Gasteiger charge is 2.34. The lowest BCUT2D eigenvalue weighted by Crippen LogP contribution is -2.16. The van der Waals surface area contributed by atoms with Gasteiger partial charge in [0.05, 0.1) is 22.9 Å². The smallest absolute Gasteiger partial charge is 0.199 e. The predicted molar refractivity (Wildman–Crippen MR) is 90.8 cm³/mol. The summed E-state index contributed by atoms with van der Waals surface area (Å²) in [6.07, 6.45) is 6.58. The van der Waals surface area contributed by atoms with E-state index in [1.165, 1.54) is 11.8 Å². The van der Waals surface area contributed by atoms with Gasteiger partial charge in [-0.25, -0.2) is 0 Å². The van der Waals surface area contributed by atoms with E-state index in [2.05, 4.69) is 5.16 Å². The van der Waals surface area contributed by atoms with Gasteiger partial charge in [-0.3, -0.25) is 4.79 Å². The molecule has 2 aliphatic rings. The minimum atomic E-state index is -0.102. The van der Waals surface area contributed by atoms with Gasteiger partial charge in [0.2, 0.25) is 0 Å². The van der Waals surface area contributed by atoms with E-state index in [1.54, 1.807) is 7.11 Å². The molecular weight excluding hydrogens is 326 g/mol. The number of hydrogen-bond acceptors (Lipinski definition) is 4. The van der Waals surface area contributed by atoms with E-state index in [0.29, 0.717) is 27.8 Å². The molecule has 0 amide bonds. The van der Waals surface area contributed by atoms with Crippen LogP contribution in [-0.2, 0) is 11.2 Å². The second-order valence-corrected chi connectivity index (χ2v) is 7.15. The third-order valence-electron chi connectivity index (χ3n) is 5.17. The van der Waals surface area contributed by atoms with Gasteiger partial charge in [-0.1, -0.05) is 16.8 Å². The Labute approximate surface area is 146 Å². The van der Waals surface area contributed by atoms with Crippen LogP contribution in [0.4, 0.5) is 0 Å². The zero-order valence-corrected chi connectivity index (χ0v) is 14.7. The number of rotatable bonds is 4. The summed E-state index contributed by atoms with van der Waals surface area (Å²) in [4.78, 5) is 13.1. The monoisotopic (exact) mass is 345 g/mol. The van der Waals surface area contributed by atoms with Crippen LogP contribution in [0.1, 0.15) is 76.1 Å². The summed E-state index contributed by atoms with van der Waals surface area (Å²) in [5.74, 6) is 0.930. The van der Waals surface area contributed by atoms with E-state index < -0.39 is 0 Å². The first kappa shape index (κ1) is 15.9. The lowest BCUT2D eigenvalue weighted by molar-refractivity contribution is 0.0878. The van der Waals surface area contributed by atoms with E-state index in [9.17, 15) is 4.79 Å². The van der Waals surface area contributed by atoms with E-state index in [-0.39, 0.29) is 11.9 Å². The van der Waals surface area contributed by atoms with E-state index in [4.69, 9.17) is 20.9 Å². The molecule has 24 heavy (non-hydrogen) atoms. The van der Waals surface area contributed by atoms with Gasteiger partial charge < -0.3 is 9.26 Å². The Morgan fingerprint density at radius 1 is 1.33 bits per heavy atom. The van der Waals surface area contributed by atoms with Gasteiger partial charge in [0.15, 0.2) is 11.5 Å². The summed E-state index contributed by atoms with van der Waals surface area (Å²) < 4.78 is 10.9. The summed E-state index contributed by atoms with van der Waals surface area (Å²) in [5, 5.41) is 4.36. The number of methoxy groups -OCH3 is 1. The van der Waals surface area contributed by atoms with Gasteiger partial charge in [-0.05, 0) is 56.2 Å². The van der Waals surface area contributed by atoms with Crippen LogP contribution >= 0.6 is 11.6 Å². The Bertz CT molecular complexity index is 807. The maximum atomic E-state index is 13.1. The predicted octanol–water partition coefficient (Wildman–Crippen LogP) is 4.77. The first-order valence-electron chi connectivity index (χ1n) is 8.45. The third kappa shape index (κ3) is 2.49. The molecular formula is C19H20ClNO3. The number of ether oxygens (including phenoxy) is 1. The topological polar surface area (TPSA) is 52.3 Å². The van der Waals surface area contributed by atoms with Crippen LogP contribution in [0.2, 0.25) is 5.02 Å². The van der Waals surface area contributed by atoms with Gasteiger partial charge in [-0.2, -0.15) is 0 Å². The molecule has 1 aromatic heterocycles. The second kappa shape index (κ2) is 6.01. The molecule has 1 aromatic carbocycles. The summed E-state index contributed by atoms with van der Waals surface area (Å²) in [5.41, 5.74) is 4.38. The molecule has 0 spiro atoms. The molecule has 1 unspecified atom stereocenters. The maximum absolute atomic E-state index is 13.1. The average molecular weight is 346 g/mol. The Morgan fingerprint density at radius 3 is 2.83 bits per heavy atom. The van der Waals surface area contributed by atoms with Crippen LogP contribution in [0.5, 0.6) is 0 Å². The quantitative estimate of drug-likeness (QED) is 0.749. The SMILES string of the molecule is COC1CCCc2c(C)cc(C(=O)c3cnoc3C3CC3)c(Cl)c21. The van der Waals surface area contributed by atoms with Crippen molar-refractivity contribution in [3.05, 3.63) is 50.9 Å². The highest BCUT2D eigenvalue weighted by atomic mass is 35.5. The van der Waals surface area contributed by atoms with E-state index in [1.807, 2.05) is 13.0 Å². The summed E-state index contributed by atoms with van der Waals surface area (Å²) in [6, 6.07) is 1.91. The Morgan fingerprint density at radius 2 is 2.12 bits per heavy atom. The lowest BCUT2D eigenvalue weighted by atomic mass is 9.84. The number of aryl methyl sites for hydroxylation is 1. The van der Waals surface area contributed by atoms with E-state index >= 15 is 0 Å². The van der Waals surface area contributed by atoms with Crippen molar-refractivity contribution in [2.45, 2.75) is 51.0 Å². The minimum absolute atomic E-state index is 0.0434. The van der Waals surface area contributed by atoms with Crippen molar-refractivity contribution in [1.82, 2.24) is 5.16 Å². The summed E-state index contributed by atoms with van der Waals surface area (Å²) in [7, 11) is 1.70. The number of aromatic nitrogens is 1. The molecule has 0 radical (unpaired) electrons. The fraction of sp³-hybridized carbons (Fsp3) is 0.474. The number of halogens is 1. The third-order valence-corrected chi connectivity index (χ3v) is 5.58. The number of carbonyl (C=O) groups is 1. The first-order chi connectivity index (χ1) is 11.6. The number of hydrogen-bond donors (Lipinski definition) is 0. The molecule has 1 saturated carbocycles. The molecule has 2 aromatic rings. The van der Waals surface area contributed by atoms with E-state index in [0.717, 1.165) is 43.2 Å². The molecule has 1 heterocycles. The fourth-order valence-corrected chi connectivity index (χ4v) is 4.11. The standard InChI is InChI=1S/C19H20ClNO3/c1-10-8-13(17(20)16-12(10)4-3-5-15(16)23-2)18(22)14-9-21-24-19(14)11-6-7-11/h8-9,11,15H,3-7H2,1-2H3. The van der Waals surface area contributed by atoms with Gasteiger partial charge in [0, 0.05) is 24.2 Å². The summed E-state index contributed by atoms with van der Waals surface area (Å²) >= 11 is 6.68. The maximum Gasteiger partial charge on any atom is 0.199 e. The molecule has 126 valence electrons. The highest BCUT2D eigenvalue weighted by Crippen LogP contribution is 2.44. The molecule has 2 aliphatic carbocycles. The van der Waals surface area contributed by atoms with Crippen molar-refractivity contribution < 1.29 is 14.1 Å². The van der Waals surface area contributed by atoms with Crippen molar-refractivity contribution in [1.29, 1.82) is 0 Å². The number of benzene rings is 1. The van der Waals surface area contributed by atoms with Gasteiger partial charge in [-0.15, -0.1) is 0 Å². The molecule has 0 saturated heterocycles. The zero-order valence-electron chi connectivity index (χ0n) is 13.9. The van der Waals surface area contributed by atoms with Crippen molar-refractivity contribution in [2.24, 2.45) is 0 Å². The van der Waals surface area contributed by atoms with Crippen molar-refractivity contribution in [2.75, 3.05) is 7.11 Å². The molecule has 5 heteroatoms. The van der Waals surface area contributed by atoms with Crippen LogP contribution < -0.4 is 0 Å². The fourth-order valence-electron chi connectivity index (χ4n) is 3.74. The molecule has 4 rings (SSSR count). The second-order valence-electron chi connectivity index (χ2n) is 6.77. The molecule has 4 nitrogen and oxygen atoms in total. The molecule has 1 fully saturated rings. The normalized spacial score (nSPS) is 20.0. The van der Waals surface area contributed by atoms with Crippen LogP contribution in [0.25, 0.3) is 0 Å². The first-order valence-corrected chi connectivity index (χ1v) is 8.83. The average Bonchev–Trinajstić information content (AvgIpc) is 3.33. The Hall–Kier alpha value is -1.65. The van der Waals surface area contributed by atoms with Crippen molar-refractivity contribution in [3.8, 4) is 0 Å². The molecule has 1 atom stereocenters. The molecule has 0 N–H and O–H groups in total. The van der Waals surface area contributed by atoms with Gasteiger partial charge in [0.1, 0.15) is 0 Å². The lowest BCUT2D eigenvalue weighted by Gasteiger charge is -2.28. The number of nitrogens with zero attached hydrogens (tertiary/aromatic N) is 1. The van der Waals surface area contributed by atoms with Crippen LogP contribution in [0.15, 0.2) is 16.8 Å². The summed E-state index contributed by atoms with van der Waals surface area (Å²) in [6.45, 7) is 2.04. The van der Waals surface area contributed by atoms with Crippen LogP contribution in [0.3, 0.4) is 0 Å². The zero-order chi connectivity index (χ0) is 16.8. The van der Waals surface area contributed by atoms with Crippen molar-refractivity contribution in [3.63, 3.8) is 0 Å².